The minimum absolute atomic E-state index is 0.0167. The maximum absolute atomic E-state index is 12.3. The lowest BCUT2D eigenvalue weighted by Crippen LogP contribution is -2.53. The van der Waals surface area contributed by atoms with E-state index in [2.05, 4.69) is 38.9 Å². The monoisotopic (exact) mass is 348 g/mol. The van der Waals surface area contributed by atoms with Gasteiger partial charge in [-0.2, -0.15) is 0 Å². The van der Waals surface area contributed by atoms with E-state index in [9.17, 15) is 4.79 Å². The van der Waals surface area contributed by atoms with Crippen molar-refractivity contribution in [3.05, 3.63) is 18.5 Å². The topological polar surface area (TPSA) is 73.8 Å². The number of amides is 2. The largest absolute Gasteiger partial charge is 0.373 e. The number of morpholine rings is 1. The van der Waals surface area contributed by atoms with Crippen molar-refractivity contribution in [1.82, 2.24) is 25.1 Å². The van der Waals surface area contributed by atoms with Crippen molar-refractivity contribution >= 4 is 12.0 Å². The molecule has 2 amide bonds. The first-order chi connectivity index (χ1) is 12.1. The molecule has 0 saturated carbocycles. The first kappa shape index (κ1) is 17.9. The molecule has 0 aliphatic carbocycles. The van der Waals surface area contributed by atoms with Crippen LogP contribution in [0.3, 0.4) is 0 Å². The molecular weight excluding hydrogens is 320 g/mol. The highest BCUT2D eigenvalue weighted by molar-refractivity contribution is 5.74. The van der Waals surface area contributed by atoms with Crippen molar-refractivity contribution in [1.29, 1.82) is 0 Å². The van der Waals surface area contributed by atoms with Gasteiger partial charge in [0.2, 0.25) is 5.95 Å². The van der Waals surface area contributed by atoms with E-state index >= 15 is 0 Å². The van der Waals surface area contributed by atoms with Crippen LogP contribution in [0.2, 0.25) is 0 Å². The lowest BCUT2D eigenvalue weighted by Gasteiger charge is -2.36. The van der Waals surface area contributed by atoms with Crippen LogP contribution in [0.1, 0.15) is 13.8 Å². The molecule has 2 aliphatic heterocycles. The molecule has 25 heavy (non-hydrogen) atoms. The maximum Gasteiger partial charge on any atom is 0.317 e. The molecule has 0 bridgehead atoms. The summed E-state index contributed by atoms with van der Waals surface area (Å²) in [5, 5.41) is 3.04. The van der Waals surface area contributed by atoms with Gasteiger partial charge >= 0.3 is 6.03 Å². The van der Waals surface area contributed by atoms with Gasteiger partial charge < -0.3 is 19.9 Å². The zero-order valence-corrected chi connectivity index (χ0v) is 15.1. The van der Waals surface area contributed by atoms with Gasteiger partial charge in [0.05, 0.1) is 12.2 Å². The number of ether oxygens (including phenoxy) is 1. The van der Waals surface area contributed by atoms with Gasteiger partial charge in [-0.15, -0.1) is 0 Å². The standard InChI is InChI=1S/C17H28N6O2/c1-14-12-21(13-15(2)25-14)7-6-20-17(24)23-10-8-22(9-11-23)16-18-4-3-5-19-16/h3-5,14-15H,6-13H2,1-2H3,(H,20,24)/t14-,15+. The molecule has 1 aromatic rings. The third-order valence-electron chi connectivity index (χ3n) is 4.60. The first-order valence-electron chi connectivity index (χ1n) is 9.04. The van der Waals surface area contributed by atoms with Gasteiger partial charge in [0.25, 0.3) is 0 Å². The van der Waals surface area contributed by atoms with E-state index in [-0.39, 0.29) is 18.2 Å². The summed E-state index contributed by atoms with van der Waals surface area (Å²) in [5.74, 6) is 0.734. The second kappa shape index (κ2) is 8.44. The first-order valence-corrected chi connectivity index (χ1v) is 9.04. The minimum Gasteiger partial charge on any atom is -0.373 e. The van der Waals surface area contributed by atoms with Crippen LogP contribution >= 0.6 is 0 Å². The number of hydrogen-bond acceptors (Lipinski definition) is 6. The van der Waals surface area contributed by atoms with E-state index in [0.29, 0.717) is 19.6 Å². The fourth-order valence-corrected chi connectivity index (χ4v) is 3.46. The summed E-state index contributed by atoms with van der Waals surface area (Å²) in [4.78, 5) is 27.2. The number of piperazine rings is 1. The normalized spacial score (nSPS) is 25.0. The summed E-state index contributed by atoms with van der Waals surface area (Å²) >= 11 is 0. The lowest BCUT2D eigenvalue weighted by atomic mass is 10.2. The van der Waals surface area contributed by atoms with E-state index in [4.69, 9.17) is 4.74 Å². The number of carbonyl (C=O) groups is 1. The number of nitrogens with one attached hydrogen (secondary N) is 1. The van der Waals surface area contributed by atoms with Crippen molar-refractivity contribution in [3.8, 4) is 0 Å². The summed E-state index contributed by atoms with van der Waals surface area (Å²) in [7, 11) is 0. The van der Waals surface area contributed by atoms with Crippen LogP contribution in [0.15, 0.2) is 18.5 Å². The van der Waals surface area contributed by atoms with Gasteiger partial charge in [-0.25, -0.2) is 14.8 Å². The molecule has 8 nitrogen and oxygen atoms in total. The number of rotatable bonds is 4. The zero-order valence-electron chi connectivity index (χ0n) is 15.1. The number of urea groups is 1. The lowest BCUT2D eigenvalue weighted by molar-refractivity contribution is -0.0672. The number of hydrogen-bond donors (Lipinski definition) is 1. The Balaban J connectivity index is 1.37. The Morgan fingerprint density at radius 2 is 1.80 bits per heavy atom. The summed E-state index contributed by atoms with van der Waals surface area (Å²) in [6.07, 6.45) is 4.00. The fourth-order valence-electron chi connectivity index (χ4n) is 3.46. The minimum atomic E-state index is 0.0167. The molecule has 0 unspecified atom stereocenters. The fraction of sp³-hybridized carbons (Fsp3) is 0.706. The SMILES string of the molecule is C[C@@H]1CN(CCNC(=O)N2CCN(c3ncccn3)CC2)C[C@H](C)O1. The Labute approximate surface area is 149 Å². The van der Waals surface area contributed by atoms with E-state index in [1.165, 1.54) is 0 Å². The second-order valence-electron chi connectivity index (χ2n) is 6.77. The molecule has 2 fully saturated rings. The molecule has 8 heteroatoms. The van der Waals surface area contributed by atoms with Gasteiger partial charge in [-0.1, -0.05) is 0 Å². The zero-order chi connectivity index (χ0) is 17.6. The van der Waals surface area contributed by atoms with Crippen molar-refractivity contribution in [2.45, 2.75) is 26.1 Å². The van der Waals surface area contributed by atoms with Crippen LogP contribution in [0.5, 0.6) is 0 Å². The predicted molar refractivity (Wildman–Crippen MR) is 95.7 cm³/mol. The smallest absolute Gasteiger partial charge is 0.317 e. The molecule has 138 valence electrons. The van der Waals surface area contributed by atoms with Crippen LogP contribution < -0.4 is 10.2 Å². The summed E-state index contributed by atoms with van der Waals surface area (Å²) in [5.41, 5.74) is 0. The highest BCUT2D eigenvalue weighted by Gasteiger charge is 2.24. The summed E-state index contributed by atoms with van der Waals surface area (Å²) in [6.45, 7) is 10.5. The molecule has 2 atom stereocenters. The van der Waals surface area contributed by atoms with E-state index in [0.717, 1.165) is 38.7 Å². The molecule has 0 spiro atoms. The molecule has 0 aromatic carbocycles. The molecule has 1 N–H and O–H groups in total. The number of nitrogens with zero attached hydrogens (tertiary/aromatic N) is 5. The third-order valence-corrected chi connectivity index (χ3v) is 4.60. The molecule has 2 saturated heterocycles. The van der Waals surface area contributed by atoms with Crippen molar-refractivity contribution in [2.24, 2.45) is 0 Å². The Morgan fingerprint density at radius 3 is 2.44 bits per heavy atom. The molecule has 1 aromatic heterocycles. The van der Waals surface area contributed by atoms with Crippen molar-refractivity contribution in [3.63, 3.8) is 0 Å². The van der Waals surface area contributed by atoms with Crippen LogP contribution in [0.4, 0.5) is 10.7 Å². The third kappa shape index (κ3) is 5.02. The molecule has 0 radical (unpaired) electrons. The predicted octanol–water partition coefficient (Wildman–Crippen LogP) is 0.417. The van der Waals surface area contributed by atoms with Crippen LogP contribution in [-0.4, -0.2) is 90.4 Å². The van der Waals surface area contributed by atoms with Gasteiger partial charge in [0.15, 0.2) is 0 Å². The Morgan fingerprint density at radius 1 is 1.16 bits per heavy atom. The van der Waals surface area contributed by atoms with Crippen LogP contribution in [0, 0.1) is 0 Å². The van der Waals surface area contributed by atoms with E-state index in [1.807, 2.05) is 11.0 Å². The Bertz CT molecular complexity index is 539. The average molecular weight is 348 g/mol. The number of carbonyl (C=O) groups excluding carboxylic acids is 1. The van der Waals surface area contributed by atoms with Crippen LogP contribution in [0.25, 0.3) is 0 Å². The molecule has 3 rings (SSSR count). The number of anilines is 1. The molecular formula is C17H28N6O2. The second-order valence-corrected chi connectivity index (χ2v) is 6.77. The van der Waals surface area contributed by atoms with E-state index in [1.54, 1.807) is 12.4 Å². The average Bonchev–Trinajstić information content (AvgIpc) is 2.62. The van der Waals surface area contributed by atoms with Gasteiger partial charge in [0.1, 0.15) is 0 Å². The summed E-state index contributed by atoms with van der Waals surface area (Å²) < 4.78 is 5.73. The number of aromatic nitrogens is 2. The maximum atomic E-state index is 12.3. The Kier molecular flexibility index (Phi) is 6.04. The molecule has 3 heterocycles. The van der Waals surface area contributed by atoms with Gasteiger partial charge in [-0.3, -0.25) is 4.90 Å². The van der Waals surface area contributed by atoms with Crippen molar-refractivity contribution in [2.75, 3.05) is 57.3 Å². The van der Waals surface area contributed by atoms with Gasteiger partial charge in [-0.05, 0) is 19.9 Å². The highest BCUT2D eigenvalue weighted by atomic mass is 16.5. The van der Waals surface area contributed by atoms with Crippen LogP contribution in [-0.2, 0) is 4.74 Å². The summed E-state index contributed by atoms with van der Waals surface area (Å²) in [6, 6.07) is 1.83. The highest BCUT2D eigenvalue weighted by Crippen LogP contribution is 2.11. The van der Waals surface area contributed by atoms with E-state index < -0.39 is 0 Å². The molecule has 2 aliphatic rings. The quantitative estimate of drug-likeness (QED) is 0.850. The van der Waals surface area contributed by atoms with Crippen molar-refractivity contribution < 1.29 is 9.53 Å². The Hall–Kier alpha value is -1.93. The van der Waals surface area contributed by atoms with Gasteiger partial charge in [0, 0.05) is 64.8 Å².